The number of aliphatic imine (C=N–C) groups is 1. The second-order valence-electron chi connectivity index (χ2n) is 7.18. The van der Waals surface area contributed by atoms with Crippen molar-refractivity contribution in [3.05, 3.63) is 76.6 Å². The highest BCUT2D eigenvalue weighted by Gasteiger charge is 2.29. The molecule has 0 spiro atoms. The lowest BCUT2D eigenvalue weighted by Crippen LogP contribution is -2.45. The molecule has 0 aliphatic carbocycles. The van der Waals surface area contributed by atoms with Crippen LogP contribution in [-0.2, 0) is 0 Å². The lowest BCUT2D eigenvalue weighted by atomic mass is 10.0. The fourth-order valence-corrected chi connectivity index (χ4v) is 4.14. The molecular weight excluding hydrogens is 358 g/mol. The molecule has 3 aliphatic rings. The summed E-state index contributed by atoms with van der Waals surface area (Å²) >= 11 is 6.34. The molecular formula is C21H22ClN5. The molecule has 1 saturated heterocycles. The topological polar surface area (TPSA) is 34.1 Å². The number of rotatable bonds is 3. The Bertz CT molecular complexity index is 902. The van der Waals surface area contributed by atoms with Crippen molar-refractivity contribution in [2.24, 2.45) is 4.99 Å². The predicted molar refractivity (Wildman–Crippen MR) is 110 cm³/mol. The summed E-state index contributed by atoms with van der Waals surface area (Å²) in [7, 11) is 0. The molecule has 0 unspecified atom stereocenters. The number of likely N-dealkylation sites (tertiary alicyclic amines) is 1. The Morgan fingerprint density at radius 2 is 1.85 bits per heavy atom. The fourth-order valence-electron chi connectivity index (χ4n) is 3.97. The van der Waals surface area contributed by atoms with Gasteiger partial charge in [0.25, 0.3) is 0 Å². The summed E-state index contributed by atoms with van der Waals surface area (Å²) in [6.45, 7) is 3.85. The van der Waals surface area contributed by atoms with Gasteiger partial charge in [-0.2, -0.15) is 0 Å². The van der Waals surface area contributed by atoms with Crippen molar-refractivity contribution >= 4 is 23.0 Å². The SMILES string of the molecule is Clc1ccc2c(c1)C(c1ccccc1)=NCC1=CN(CN3CCCC3)NN12. The summed E-state index contributed by atoms with van der Waals surface area (Å²) in [4.78, 5) is 7.42. The van der Waals surface area contributed by atoms with Gasteiger partial charge in [-0.25, -0.2) is 0 Å². The first-order valence-corrected chi connectivity index (χ1v) is 9.82. The summed E-state index contributed by atoms with van der Waals surface area (Å²) in [5.41, 5.74) is 8.88. The summed E-state index contributed by atoms with van der Waals surface area (Å²) in [5, 5.41) is 5.02. The van der Waals surface area contributed by atoms with Crippen LogP contribution in [-0.4, -0.2) is 41.9 Å². The van der Waals surface area contributed by atoms with Gasteiger partial charge in [0.2, 0.25) is 0 Å². The van der Waals surface area contributed by atoms with E-state index in [1.807, 2.05) is 30.3 Å². The number of hydrazine groups is 2. The Kier molecular flexibility index (Phi) is 4.36. The molecule has 0 bridgehead atoms. The van der Waals surface area contributed by atoms with Gasteiger partial charge >= 0.3 is 0 Å². The lowest BCUT2D eigenvalue weighted by Gasteiger charge is -2.28. The van der Waals surface area contributed by atoms with E-state index in [4.69, 9.17) is 16.6 Å². The zero-order valence-corrected chi connectivity index (χ0v) is 15.9. The van der Waals surface area contributed by atoms with Crippen LogP contribution >= 0.6 is 11.6 Å². The molecule has 0 amide bonds. The van der Waals surface area contributed by atoms with E-state index in [9.17, 15) is 0 Å². The minimum atomic E-state index is 0.625. The molecule has 3 aliphatic heterocycles. The highest BCUT2D eigenvalue weighted by Crippen LogP contribution is 2.33. The number of benzene rings is 2. The van der Waals surface area contributed by atoms with E-state index in [-0.39, 0.29) is 0 Å². The molecule has 3 heterocycles. The monoisotopic (exact) mass is 379 g/mol. The highest BCUT2D eigenvalue weighted by atomic mass is 35.5. The maximum absolute atomic E-state index is 6.34. The molecule has 0 aromatic heterocycles. The smallest absolute Gasteiger partial charge is 0.0875 e. The summed E-state index contributed by atoms with van der Waals surface area (Å²) < 4.78 is 0. The lowest BCUT2D eigenvalue weighted by molar-refractivity contribution is 0.165. The van der Waals surface area contributed by atoms with E-state index in [0.29, 0.717) is 6.54 Å². The number of anilines is 1. The number of hydrogen-bond acceptors (Lipinski definition) is 5. The molecule has 2 aromatic carbocycles. The van der Waals surface area contributed by atoms with Crippen molar-refractivity contribution in [1.29, 1.82) is 0 Å². The quantitative estimate of drug-likeness (QED) is 0.883. The summed E-state index contributed by atoms with van der Waals surface area (Å²) in [6.07, 6.45) is 4.76. The molecule has 5 rings (SSSR count). The molecule has 138 valence electrons. The molecule has 6 heteroatoms. The van der Waals surface area contributed by atoms with Crippen LogP contribution in [0.4, 0.5) is 5.69 Å². The third-order valence-corrected chi connectivity index (χ3v) is 5.51. The van der Waals surface area contributed by atoms with Gasteiger partial charge in [0.1, 0.15) is 0 Å². The van der Waals surface area contributed by atoms with Crippen LogP contribution in [0.15, 0.2) is 65.4 Å². The first-order valence-electron chi connectivity index (χ1n) is 9.44. The van der Waals surface area contributed by atoms with Crippen LogP contribution in [0.2, 0.25) is 5.02 Å². The molecule has 1 N–H and O–H groups in total. The Labute approximate surface area is 164 Å². The van der Waals surface area contributed by atoms with E-state index in [0.717, 1.165) is 39.9 Å². The Hall–Kier alpha value is -2.34. The van der Waals surface area contributed by atoms with Crippen LogP contribution < -0.4 is 10.5 Å². The van der Waals surface area contributed by atoms with Crippen molar-refractivity contribution in [3.8, 4) is 0 Å². The van der Waals surface area contributed by atoms with Gasteiger partial charge in [-0.15, -0.1) is 5.53 Å². The Morgan fingerprint density at radius 1 is 1.04 bits per heavy atom. The van der Waals surface area contributed by atoms with Crippen LogP contribution in [0.3, 0.4) is 0 Å². The average Bonchev–Trinajstić information content (AvgIpc) is 3.31. The van der Waals surface area contributed by atoms with Gasteiger partial charge in [-0.05, 0) is 44.1 Å². The van der Waals surface area contributed by atoms with Crippen LogP contribution in [0.25, 0.3) is 0 Å². The van der Waals surface area contributed by atoms with Crippen molar-refractivity contribution in [1.82, 2.24) is 15.4 Å². The van der Waals surface area contributed by atoms with Gasteiger partial charge in [-0.1, -0.05) is 41.9 Å². The maximum atomic E-state index is 6.34. The summed E-state index contributed by atoms with van der Waals surface area (Å²) in [6, 6.07) is 16.3. The normalized spacial score (nSPS) is 19.4. The minimum absolute atomic E-state index is 0.625. The Balaban J connectivity index is 1.52. The number of fused-ring (bicyclic) bond motifs is 3. The van der Waals surface area contributed by atoms with Crippen molar-refractivity contribution < 1.29 is 0 Å². The second kappa shape index (κ2) is 7.00. The second-order valence-corrected chi connectivity index (χ2v) is 7.62. The maximum Gasteiger partial charge on any atom is 0.0875 e. The zero-order valence-electron chi connectivity index (χ0n) is 15.1. The van der Waals surface area contributed by atoms with E-state index < -0.39 is 0 Å². The largest absolute Gasteiger partial charge is 0.285 e. The zero-order chi connectivity index (χ0) is 18.2. The predicted octanol–water partition coefficient (Wildman–Crippen LogP) is 3.63. The third kappa shape index (κ3) is 3.23. The van der Waals surface area contributed by atoms with Gasteiger partial charge in [0.15, 0.2) is 0 Å². The van der Waals surface area contributed by atoms with Crippen molar-refractivity contribution in [3.63, 3.8) is 0 Å². The van der Waals surface area contributed by atoms with Crippen LogP contribution in [0, 0.1) is 0 Å². The number of hydrogen-bond donors (Lipinski definition) is 1. The third-order valence-electron chi connectivity index (χ3n) is 5.27. The van der Waals surface area contributed by atoms with Gasteiger partial charge in [-0.3, -0.25) is 19.9 Å². The average molecular weight is 380 g/mol. The first-order chi connectivity index (χ1) is 13.3. The number of nitrogens with one attached hydrogen (secondary N) is 1. The van der Waals surface area contributed by atoms with Crippen molar-refractivity contribution in [2.75, 3.05) is 31.3 Å². The fraction of sp³-hybridized carbons (Fsp3) is 0.286. The molecule has 0 atom stereocenters. The first kappa shape index (κ1) is 16.8. The van der Waals surface area contributed by atoms with Crippen LogP contribution in [0.5, 0.6) is 0 Å². The van der Waals surface area contributed by atoms with E-state index in [1.54, 1.807) is 0 Å². The standard InChI is InChI=1S/C21H22ClN5/c22-17-8-9-20-19(12-17)21(16-6-2-1-3-7-16)23-13-18-14-26(24-27(18)20)15-25-10-4-5-11-25/h1-3,6-9,12,14,24H,4-5,10-11,13,15H2. The molecule has 2 aromatic rings. The molecule has 5 nitrogen and oxygen atoms in total. The van der Waals surface area contributed by atoms with E-state index in [1.165, 1.54) is 25.9 Å². The highest BCUT2D eigenvalue weighted by molar-refractivity contribution is 6.31. The number of halogens is 1. The number of nitrogens with zero attached hydrogens (tertiary/aromatic N) is 4. The Morgan fingerprint density at radius 3 is 2.67 bits per heavy atom. The van der Waals surface area contributed by atoms with Gasteiger partial charge in [0, 0.05) is 22.3 Å². The molecule has 1 fully saturated rings. The summed E-state index contributed by atoms with van der Waals surface area (Å²) in [5.74, 6) is 0. The molecule has 0 radical (unpaired) electrons. The molecule has 27 heavy (non-hydrogen) atoms. The van der Waals surface area contributed by atoms with Crippen molar-refractivity contribution in [2.45, 2.75) is 12.8 Å². The minimum Gasteiger partial charge on any atom is -0.285 e. The van der Waals surface area contributed by atoms with Crippen LogP contribution in [0.1, 0.15) is 24.0 Å². The van der Waals surface area contributed by atoms with Gasteiger partial charge in [0.05, 0.1) is 30.3 Å². The van der Waals surface area contributed by atoms with Gasteiger partial charge < -0.3 is 0 Å². The van der Waals surface area contributed by atoms with E-state index in [2.05, 4.69) is 44.9 Å². The molecule has 0 saturated carbocycles. The van der Waals surface area contributed by atoms with E-state index >= 15 is 0 Å².